The maximum absolute atomic E-state index is 13.2. The van der Waals surface area contributed by atoms with Gasteiger partial charge in [0, 0.05) is 25.7 Å². The number of carboxylic acids is 1. The summed E-state index contributed by atoms with van der Waals surface area (Å²) in [4.78, 5) is 39.9. The first-order chi connectivity index (χ1) is 15.2. The van der Waals surface area contributed by atoms with Crippen LogP contribution in [0.4, 0.5) is 11.8 Å². The highest BCUT2D eigenvalue weighted by Gasteiger charge is 2.46. The number of carboxylic acid groups (broad SMARTS) is 1. The molecule has 1 aliphatic carbocycles. The number of aromatic carboxylic acids is 1. The van der Waals surface area contributed by atoms with Crippen LogP contribution in [-0.2, 0) is 7.05 Å². The summed E-state index contributed by atoms with van der Waals surface area (Å²) in [7, 11) is 1.76. The maximum atomic E-state index is 13.2. The molecular formula is C22H23ClN6O3. The van der Waals surface area contributed by atoms with Gasteiger partial charge in [0.25, 0.3) is 5.56 Å². The Morgan fingerprint density at radius 1 is 1.28 bits per heavy atom. The number of piperidine rings is 1. The molecule has 0 bridgehead atoms. The first kappa shape index (κ1) is 20.7. The number of aryl methyl sites for hydroxylation is 1. The number of halogens is 1. The van der Waals surface area contributed by atoms with Crippen molar-refractivity contribution in [1.29, 1.82) is 0 Å². The van der Waals surface area contributed by atoms with Gasteiger partial charge >= 0.3 is 5.97 Å². The summed E-state index contributed by atoms with van der Waals surface area (Å²) in [5, 5.41) is 13.1. The minimum atomic E-state index is -1.23. The Bertz CT molecular complexity index is 1310. The van der Waals surface area contributed by atoms with Crippen molar-refractivity contribution in [3.05, 3.63) is 50.7 Å². The smallest absolute Gasteiger partial charge is 0.358 e. The Labute approximate surface area is 189 Å². The lowest BCUT2D eigenvalue weighted by Gasteiger charge is -2.23. The molecule has 3 heterocycles. The van der Waals surface area contributed by atoms with E-state index >= 15 is 0 Å². The fourth-order valence-electron chi connectivity index (χ4n) is 4.62. The number of fused-ring (bicyclic) bond motifs is 2. The fraction of sp³-hybridized carbons (Fsp3) is 0.409. The fourth-order valence-corrected chi connectivity index (χ4v) is 4.75. The molecule has 5 rings (SSSR count). The first-order valence-corrected chi connectivity index (χ1v) is 10.9. The predicted octanol–water partition coefficient (Wildman–Crippen LogP) is 3.01. The molecule has 0 amide bonds. The Hall–Kier alpha value is -3.20. The SMILES string of the molecule is Cc1cc([C@@H](C)Nc2ncc(Cl)nc2C(=O)O)c2nc(N3CC4CC4C3)n(C)c(=O)c2c1. The summed E-state index contributed by atoms with van der Waals surface area (Å²) in [6.45, 7) is 5.64. The molecule has 32 heavy (non-hydrogen) atoms. The second kappa shape index (κ2) is 7.44. The third-order valence-electron chi connectivity index (χ3n) is 6.36. The molecule has 1 aromatic carbocycles. The zero-order valence-electron chi connectivity index (χ0n) is 18.0. The molecule has 2 unspecified atom stereocenters. The summed E-state index contributed by atoms with van der Waals surface area (Å²) < 4.78 is 1.63. The molecule has 166 valence electrons. The zero-order valence-corrected chi connectivity index (χ0v) is 18.7. The van der Waals surface area contributed by atoms with Gasteiger partial charge in [0.15, 0.2) is 11.5 Å². The van der Waals surface area contributed by atoms with E-state index in [0.717, 1.165) is 24.2 Å². The van der Waals surface area contributed by atoms with Crippen LogP contribution in [0.15, 0.2) is 23.1 Å². The normalized spacial score (nSPS) is 20.3. The highest BCUT2D eigenvalue weighted by Crippen LogP contribution is 2.46. The second-order valence-corrected chi connectivity index (χ2v) is 9.14. The first-order valence-electron chi connectivity index (χ1n) is 10.5. The van der Waals surface area contributed by atoms with Gasteiger partial charge in [0.2, 0.25) is 5.95 Å². The Morgan fingerprint density at radius 3 is 2.69 bits per heavy atom. The highest BCUT2D eigenvalue weighted by atomic mass is 35.5. The van der Waals surface area contributed by atoms with Crippen LogP contribution in [0.2, 0.25) is 5.15 Å². The molecule has 0 radical (unpaired) electrons. The van der Waals surface area contributed by atoms with Crippen LogP contribution >= 0.6 is 11.6 Å². The van der Waals surface area contributed by atoms with E-state index in [0.29, 0.717) is 28.7 Å². The van der Waals surface area contributed by atoms with E-state index in [-0.39, 0.29) is 28.3 Å². The summed E-state index contributed by atoms with van der Waals surface area (Å²) in [5.74, 6) is 0.958. The summed E-state index contributed by atoms with van der Waals surface area (Å²) in [6.07, 6.45) is 2.56. The lowest BCUT2D eigenvalue weighted by Crippen LogP contribution is -2.31. The van der Waals surface area contributed by atoms with Gasteiger partial charge in [-0.2, -0.15) is 0 Å². The van der Waals surface area contributed by atoms with Crippen LogP contribution in [0.5, 0.6) is 0 Å². The van der Waals surface area contributed by atoms with Crippen LogP contribution in [-0.4, -0.2) is 43.7 Å². The van der Waals surface area contributed by atoms with Gasteiger partial charge in [0.1, 0.15) is 5.15 Å². The molecule has 1 saturated carbocycles. The Kier molecular flexibility index (Phi) is 4.81. The van der Waals surface area contributed by atoms with Gasteiger partial charge in [0.05, 0.1) is 23.1 Å². The molecule has 0 spiro atoms. The molecule has 2 aromatic heterocycles. The van der Waals surface area contributed by atoms with Crippen molar-refractivity contribution >= 4 is 40.2 Å². The van der Waals surface area contributed by atoms with Crippen molar-refractivity contribution in [2.45, 2.75) is 26.3 Å². The van der Waals surface area contributed by atoms with Crippen molar-refractivity contribution in [3.8, 4) is 0 Å². The number of nitrogens with one attached hydrogen (secondary N) is 1. The van der Waals surface area contributed by atoms with E-state index < -0.39 is 5.97 Å². The van der Waals surface area contributed by atoms with Crippen molar-refractivity contribution in [2.75, 3.05) is 23.3 Å². The minimum Gasteiger partial charge on any atom is -0.476 e. The monoisotopic (exact) mass is 454 g/mol. The van der Waals surface area contributed by atoms with Gasteiger partial charge < -0.3 is 15.3 Å². The number of benzene rings is 1. The van der Waals surface area contributed by atoms with E-state index in [1.54, 1.807) is 11.6 Å². The molecule has 2 aliphatic rings. The predicted molar refractivity (Wildman–Crippen MR) is 122 cm³/mol. The molecule has 3 aromatic rings. The van der Waals surface area contributed by atoms with E-state index in [2.05, 4.69) is 20.2 Å². The van der Waals surface area contributed by atoms with Crippen molar-refractivity contribution < 1.29 is 9.90 Å². The molecule has 10 heteroatoms. The van der Waals surface area contributed by atoms with Gasteiger partial charge in [-0.25, -0.2) is 19.7 Å². The third kappa shape index (κ3) is 3.46. The summed E-state index contributed by atoms with van der Waals surface area (Å²) in [5.41, 5.74) is 1.95. The van der Waals surface area contributed by atoms with Gasteiger partial charge in [-0.15, -0.1) is 0 Å². The number of carbonyl (C=O) groups is 1. The van der Waals surface area contributed by atoms with E-state index in [1.165, 1.54) is 12.6 Å². The topological polar surface area (TPSA) is 113 Å². The van der Waals surface area contributed by atoms with Gasteiger partial charge in [-0.1, -0.05) is 17.7 Å². The van der Waals surface area contributed by atoms with Crippen LogP contribution in [0.25, 0.3) is 10.9 Å². The van der Waals surface area contributed by atoms with Gasteiger partial charge in [-0.3, -0.25) is 9.36 Å². The summed E-state index contributed by atoms with van der Waals surface area (Å²) in [6, 6.07) is 3.42. The van der Waals surface area contributed by atoms with Gasteiger partial charge in [-0.05, 0) is 43.7 Å². The second-order valence-electron chi connectivity index (χ2n) is 8.75. The average Bonchev–Trinajstić information content (AvgIpc) is 3.36. The zero-order chi connectivity index (χ0) is 22.7. The van der Waals surface area contributed by atoms with Crippen molar-refractivity contribution in [3.63, 3.8) is 0 Å². The molecule has 2 fully saturated rings. The molecule has 2 N–H and O–H groups in total. The number of hydrogen-bond acceptors (Lipinski definition) is 7. The lowest BCUT2D eigenvalue weighted by atomic mass is 10.0. The lowest BCUT2D eigenvalue weighted by molar-refractivity contribution is 0.0691. The minimum absolute atomic E-state index is 0.0000697. The van der Waals surface area contributed by atoms with Crippen LogP contribution in [0, 0.1) is 18.8 Å². The summed E-state index contributed by atoms with van der Waals surface area (Å²) >= 11 is 5.82. The maximum Gasteiger partial charge on any atom is 0.358 e. The largest absolute Gasteiger partial charge is 0.476 e. The molecule has 1 aliphatic heterocycles. The van der Waals surface area contributed by atoms with E-state index in [4.69, 9.17) is 16.6 Å². The van der Waals surface area contributed by atoms with Crippen LogP contribution in [0.3, 0.4) is 0 Å². The van der Waals surface area contributed by atoms with Crippen molar-refractivity contribution in [1.82, 2.24) is 19.5 Å². The van der Waals surface area contributed by atoms with E-state index in [1.807, 2.05) is 26.0 Å². The average molecular weight is 455 g/mol. The molecule has 9 nitrogen and oxygen atoms in total. The quantitative estimate of drug-likeness (QED) is 0.604. The van der Waals surface area contributed by atoms with Crippen molar-refractivity contribution in [2.24, 2.45) is 18.9 Å². The van der Waals surface area contributed by atoms with Crippen LogP contribution in [0.1, 0.15) is 41.0 Å². The van der Waals surface area contributed by atoms with Crippen LogP contribution < -0.4 is 15.8 Å². The number of aromatic nitrogens is 4. The highest BCUT2D eigenvalue weighted by molar-refractivity contribution is 6.29. The number of rotatable bonds is 5. The standard InChI is InChI=1S/C22H23ClN6O3/c1-10-4-14(11(2)25-19-18(21(31)32)26-16(23)7-24-19)17-15(5-10)20(30)28(3)22(27-17)29-8-12-6-13(12)9-29/h4-5,7,11-13H,6,8-9H2,1-3H3,(H,24,25)(H,31,32)/t11-,12?,13?/m1/s1. The number of nitrogens with zero attached hydrogens (tertiary/aromatic N) is 5. The number of anilines is 2. The Balaban J connectivity index is 1.60. The molecular weight excluding hydrogens is 432 g/mol. The number of hydrogen-bond donors (Lipinski definition) is 2. The third-order valence-corrected chi connectivity index (χ3v) is 6.54. The molecule has 1 saturated heterocycles. The molecule has 3 atom stereocenters. The Morgan fingerprint density at radius 2 is 2.00 bits per heavy atom. The van der Waals surface area contributed by atoms with E-state index in [9.17, 15) is 14.7 Å².